The summed E-state index contributed by atoms with van der Waals surface area (Å²) < 4.78 is 0. The van der Waals surface area contributed by atoms with E-state index in [1.54, 1.807) is 0 Å². The van der Waals surface area contributed by atoms with Gasteiger partial charge >= 0.3 is 0 Å². The first-order chi connectivity index (χ1) is 28.7. The molecule has 308 valence electrons. The molecule has 0 heterocycles. The molecule has 0 unspecified atom stereocenters. The summed E-state index contributed by atoms with van der Waals surface area (Å²) in [6, 6.07) is 70.5. The molecule has 0 N–H and O–H groups in total. The van der Waals surface area contributed by atoms with Crippen molar-refractivity contribution in [2.75, 3.05) is 10.7 Å². The van der Waals surface area contributed by atoms with E-state index in [4.69, 9.17) is 0 Å². The minimum absolute atomic E-state index is 0. The predicted octanol–water partition coefficient (Wildman–Crippen LogP) is 17.6. The summed E-state index contributed by atoms with van der Waals surface area (Å²) in [7, 11) is 0. The summed E-state index contributed by atoms with van der Waals surface area (Å²) in [5.74, 6) is 1.01. The molecule has 8 aromatic rings. The Morgan fingerprint density at radius 3 is 0.705 bits per heavy atom. The van der Waals surface area contributed by atoms with Crippen LogP contribution in [0.3, 0.4) is 0 Å². The summed E-state index contributed by atoms with van der Waals surface area (Å²) >= 11 is 6.40. The topological polar surface area (TPSA) is 0 Å². The first-order valence-electron chi connectivity index (χ1n) is 20.5. The van der Waals surface area contributed by atoms with Crippen molar-refractivity contribution in [2.45, 2.75) is 59.8 Å². The zero-order valence-electron chi connectivity index (χ0n) is 32.6. The molecule has 0 radical (unpaired) electrons. The van der Waals surface area contributed by atoms with Crippen LogP contribution in [0.1, 0.15) is 91.5 Å². The molecule has 4 aliphatic carbocycles. The summed E-state index contributed by atoms with van der Waals surface area (Å²) in [5, 5.41) is 2.10. The van der Waals surface area contributed by atoms with E-state index in [0.717, 1.165) is 23.5 Å². The Balaban J connectivity index is 0.000000158. The van der Waals surface area contributed by atoms with Gasteiger partial charge in [0.05, 0.1) is 0 Å². The van der Waals surface area contributed by atoms with Gasteiger partial charge in [0, 0.05) is 22.5 Å². The Labute approximate surface area is 383 Å². The van der Waals surface area contributed by atoms with Gasteiger partial charge < -0.3 is 0 Å². The second kappa shape index (κ2) is 21.0. The standard InChI is InChI=1S/C28H22.2C13H10.C2H4Br2.3CH4/c1-5-13-23-19(9-1)20-10-2-6-14-24(20)27(23)17-18-28-25-15-7-3-11-21(25)22-12-4-8-16-26(22)28;2*1-3-7-12-10(5-1)9-11-6-2-4-8-13(11)12;3-1-2-4;;;/h1-16,27-28H,17-18H2;2*1-8H,9H2;1-2H2;3*1H4. The van der Waals surface area contributed by atoms with Crippen molar-refractivity contribution in [3.8, 4) is 44.5 Å². The average molecular weight is 927 g/mol. The van der Waals surface area contributed by atoms with Crippen molar-refractivity contribution in [2.24, 2.45) is 0 Å². The Hall–Kier alpha value is -5.28. The molecule has 0 spiro atoms. The smallest absolute Gasteiger partial charge is 0.0129 e. The number of fused-ring (bicyclic) bond motifs is 12. The van der Waals surface area contributed by atoms with Crippen LogP contribution in [0.4, 0.5) is 0 Å². The summed E-state index contributed by atoms with van der Waals surface area (Å²) in [5.41, 5.74) is 23.2. The van der Waals surface area contributed by atoms with Gasteiger partial charge in [-0.3, -0.25) is 0 Å². The lowest BCUT2D eigenvalue weighted by molar-refractivity contribution is 0.626. The Bertz CT molecular complexity index is 2320. The maximum atomic E-state index is 3.20. The lowest BCUT2D eigenvalue weighted by Crippen LogP contribution is -2.02. The fraction of sp³-hybridized carbons (Fsp3) is 0.186. The molecule has 0 atom stereocenters. The number of halogens is 2. The van der Waals surface area contributed by atoms with E-state index in [9.17, 15) is 0 Å². The lowest BCUT2D eigenvalue weighted by Gasteiger charge is -2.18. The lowest BCUT2D eigenvalue weighted by atomic mass is 9.85. The van der Waals surface area contributed by atoms with Crippen molar-refractivity contribution < 1.29 is 0 Å². The molecule has 12 rings (SSSR count). The van der Waals surface area contributed by atoms with Crippen LogP contribution < -0.4 is 0 Å². The molecule has 0 fully saturated rings. The van der Waals surface area contributed by atoms with Gasteiger partial charge in [-0.25, -0.2) is 0 Å². The number of alkyl halides is 2. The van der Waals surface area contributed by atoms with E-state index >= 15 is 0 Å². The van der Waals surface area contributed by atoms with E-state index in [1.165, 1.54) is 102 Å². The molecular formula is C59H58Br2. The van der Waals surface area contributed by atoms with Crippen LogP contribution in [0.2, 0.25) is 0 Å². The van der Waals surface area contributed by atoms with Gasteiger partial charge in [-0.2, -0.15) is 0 Å². The van der Waals surface area contributed by atoms with E-state index in [2.05, 4.69) is 226 Å². The van der Waals surface area contributed by atoms with Crippen molar-refractivity contribution in [3.63, 3.8) is 0 Å². The van der Waals surface area contributed by atoms with Gasteiger partial charge in [-0.1, -0.05) is 248 Å². The van der Waals surface area contributed by atoms with Gasteiger partial charge in [0.25, 0.3) is 0 Å². The summed E-state index contributed by atoms with van der Waals surface area (Å²) in [6.07, 6.45) is 4.57. The fourth-order valence-electron chi connectivity index (χ4n) is 9.63. The Morgan fingerprint density at radius 1 is 0.279 bits per heavy atom. The van der Waals surface area contributed by atoms with Crippen molar-refractivity contribution >= 4 is 31.9 Å². The molecule has 0 aromatic heterocycles. The molecule has 0 amide bonds. The molecule has 0 bridgehead atoms. The van der Waals surface area contributed by atoms with Crippen molar-refractivity contribution in [1.29, 1.82) is 0 Å². The van der Waals surface area contributed by atoms with Crippen LogP contribution in [-0.4, -0.2) is 10.7 Å². The number of rotatable bonds is 4. The first-order valence-corrected chi connectivity index (χ1v) is 22.8. The van der Waals surface area contributed by atoms with Crippen LogP contribution in [-0.2, 0) is 12.8 Å². The number of hydrogen-bond donors (Lipinski definition) is 0. The maximum Gasteiger partial charge on any atom is 0.0129 e. The van der Waals surface area contributed by atoms with Crippen LogP contribution in [0, 0.1) is 0 Å². The largest absolute Gasteiger partial charge is 0.0919 e. The minimum atomic E-state index is 0. The third-order valence-corrected chi connectivity index (χ3v) is 14.0. The normalized spacial score (nSPS) is 12.4. The average Bonchev–Trinajstić information content (AvgIpc) is 4.04. The van der Waals surface area contributed by atoms with E-state index < -0.39 is 0 Å². The second-order valence-electron chi connectivity index (χ2n) is 15.4. The van der Waals surface area contributed by atoms with Gasteiger partial charge in [0.15, 0.2) is 0 Å². The van der Waals surface area contributed by atoms with Gasteiger partial charge in [0.1, 0.15) is 0 Å². The zero-order chi connectivity index (χ0) is 39.3. The highest BCUT2D eigenvalue weighted by Crippen LogP contribution is 2.51. The minimum Gasteiger partial charge on any atom is -0.0919 e. The highest BCUT2D eigenvalue weighted by atomic mass is 79.9. The Morgan fingerprint density at radius 2 is 0.475 bits per heavy atom. The van der Waals surface area contributed by atoms with Crippen molar-refractivity contribution in [3.05, 3.63) is 239 Å². The van der Waals surface area contributed by atoms with Crippen LogP contribution in [0.15, 0.2) is 194 Å². The SMILES string of the molecule is BrCCBr.C.C.C.c1ccc2c(c1)-c1ccccc1C2CCC1c2ccccc2-c2ccccc21.c1ccc2c(c1)Cc1ccccc1-2.c1ccc2c(c1)Cc1ccccc1-2. The van der Waals surface area contributed by atoms with Gasteiger partial charge in [0.2, 0.25) is 0 Å². The monoisotopic (exact) mass is 924 g/mol. The summed E-state index contributed by atoms with van der Waals surface area (Å²) in [4.78, 5) is 0. The number of benzene rings is 8. The van der Waals surface area contributed by atoms with Crippen LogP contribution in [0.25, 0.3) is 44.5 Å². The zero-order valence-corrected chi connectivity index (χ0v) is 35.8. The van der Waals surface area contributed by atoms with E-state index in [0.29, 0.717) is 11.8 Å². The highest BCUT2D eigenvalue weighted by molar-refractivity contribution is 9.11. The van der Waals surface area contributed by atoms with Crippen LogP contribution >= 0.6 is 31.9 Å². The molecule has 0 saturated heterocycles. The summed E-state index contributed by atoms with van der Waals surface area (Å²) in [6.45, 7) is 0. The van der Waals surface area contributed by atoms with Crippen LogP contribution in [0.5, 0.6) is 0 Å². The molecule has 4 aliphatic rings. The predicted molar refractivity (Wildman–Crippen MR) is 274 cm³/mol. The maximum absolute atomic E-state index is 3.20. The van der Waals surface area contributed by atoms with E-state index in [-0.39, 0.29) is 22.3 Å². The third kappa shape index (κ3) is 9.18. The molecule has 0 saturated carbocycles. The highest BCUT2D eigenvalue weighted by Gasteiger charge is 2.32. The molecule has 8 aromatic carbocycles. The van der Waals surface area contributed by atoms with E-state index in [1.807, 2.05) is 0 Å². The molecule has 0 aliphatic heterocycles. The fourth-order valence-corrected chi connectivity index (χ4v) is 9.63. The quantitative estimate of drug-likeness (QED) is 0.154. The molecule has 61 heavy (non-hydrogen) atoms. The third-order valence-electron chi connectivity index (χ3n) is 12.2. The number of hydrogen-bond acceptors (Lipinski definition) is 0. The Kier molecular flexibility index (Phi) is 15.6. The second-order valence-corrected chi connectivity index (χ2v) is 17.0. The first kappa shape index (κ1) is 45.3. The molecule has 0 nitrogen and oxygen atoms in total. The van der Waals surface area contributed by atoms with Gasteiger partial charge in [-0.05, 0) is 115 Å². The van der Waals surface area contributed by atoms with Crippen molar-refractivity contribution in [1.82, 2.24) is 0 Å². The molecule has 2 heteroatoms. The molecular weight excluding hydrogens is 868 g/mol. The van der Waals surface area contributed by atoms with Gasteiger partial charge in [-0.15, -0.1) is 0 Å².